The highest BCUT2D eigenvalue weighted by Gasteiger charge is 2.24. The number of hydrogen-bond acceptors (Lipinski definition) is 3. The second-order valence-corrected chi connectivity index (χ2v) is 5.63. The lowest BCUT2D eigenvalue weighted by atomic mass is 10.1. The molecule has 2 amide bonds. The smallest absolute Gasteiger partial charge is 0.326 e. The first-order chi connectivity index (χ1) is 8.95. The normalized spacial score (nSPS) is 13.9. The molecule has 0 aliphatic rings. The van der Waals surface area contributed by atoms with Crippen molar-refractivity contribution in [3.05, 3.63) is 22.4 Å². The van der Waals surface area contributed by atoms with Crippen molar-refractivity contribution < 1.29 is 14.7 Å². The number of urea groups is 1. The number of nitrogens with one attached hydrogen (secondary N) is 2. The van der Waals surface area contributed by atoms with Crippen molar-refractivity contribution in [3.8, 4) is 0 Å². The summed E-state index contributed by atoms with van der Waals surface area (Å²) in [6, 6.07) is 2.48. The van der Waals surface area contributed by atoms with Gasteiger partial charge in [0.1, 0.15) is 6.04 Å². The highest BCUT2D eigenvalue weighted by molar-refractivity contribution is 7.10. The van der Waals surface area contributed by atoms with Gasteiger partial charge in [0.25, 0.3) is 0 Å². The van der Waals surface area contributed by atoms with E-state index in [4.69, 9.17) is 5.11 Å². The maximum atomic E-state index is 11.8. The lowest BCUT2D eigenvalue weighted by Crippen LogP contribution is -2.49. The minimum Gasteiger partial charge on any atom is -0.480 e. The fraction of sp³-hybridized carbons (Fsp3) is 0.538. The number of aliphatic carboxylic acids is 1. The molecule has 106 valence electrons. The minimum atomic E-state index is -1.02. The van der Waals surface area contributed by atoms with Gasteiger partial charge in [-0.2, -0.15) is 0 Å². The summed E-state index contributed by atoms with van der Waals surface area (Å²) >= 11 is 1.57. The number of rotatable bonds is 6. The molecule has 0 aliphatic heterocycles. The van der Waals surface area contributed by atoms with Gasteiger partial charge >= 0.3 is 12.0 Å². The largest absolute Gasteiger partial charge is 0.480 e. The van der Waals surface area contributed by atoms with E-state index >= 15 is 0 Å². The van der Waals surface area contributed by atoms with Gasteiger partial charge in [-0.25, -0.2) is 9.59 Å². The van der Waals surface area contributed by atoms with Crippen molar-refractivity contribution in [2.45, 2.75) is 39.3 Å². The van der Waals surface area contributed by atoms with E-state index in [-0.39, 0.29) is 12.0 Å². The van der Waals surface area contributed by atoms with Crippen LogP contribution in [0.4, 0.5) is 4.79 Å². The van der Waals surface area contributed by atoms with Crippen LogP contribution in [0.25, 0.3) is 0 Å². The zero-order valence-electron chi connectivity index (χ0n) is 11.3. The molecule has 1 aromatic rings. The zero-order valence-corrected chi connectivity index (χ0v) is 12.2. The molecular formula is C13H20N2O3S. The van der Waals surface area contributed by atoms with E-state index < -0.39 is 18.0 Å². The fourth-order valence-corrected chi connectivity index (χ4v) is 2.58. The molecule has 3 N–H and O–H groups in total. The van der Waals surface area contributed by atoms with Crippen molar-refractivity contribution in [1.29, 1.82) is 0 Å². The number of carboxylic acid groups (broad SMARTS) is 1. The molecule has 1 unspecified atom stereocenters. The van der Waals surface area contributed by atoms with Crippen LogP contribution in [0.5, 0.6) is 0 Å². The molecule has 0 bridgehead atoms. The molecule has 1 rings (SSSR count). The van der Waals surface area contributed by atoms with Crippen molar-refractivity contribution >= 4 is 23.3 Å². The van der Waals surface area contributed by atoms with Gasteiger partial charge in [-0.15, -0.1) is 11.3 Å². The standard InChI is InChI=1S/C13H20N2O3S/c1-4-9(10-6-5-7-19-10)14-13(18)15-11(8(2)3)12(16)17/h5-9,11H,4H2,1-3H3,(H,16,17)(H2,14,15,18)/t9?,11-/m1/s1. The summed E-state index contributed by atoms with van der Waals surface area (Å²) in [6.45, 7) is 5.49. The highest BCUT2D eigenvalue weighted by Crippen LogP contribution is 2.21. The Balaban J connectivity index is 2.61. The van der Waals surface area contributed by atoms with Gasteiger partial charge in [-0.1, -0.05) is 26.8 Å². The van der Waals surface area contributed by atoms with Crippen molar-refractivity contribution in [2.24, 2.45) is 5.92 Å². The van der Waals surface area contributed by atoms with Crippen molar-refractivity contribution in [3.63, 3.8) is 0 Å². The molecule has 1 aromatic heterocycles. The van der Waals surface area contributed by atoms with E-state index in [1.54, 1.807) is 25.2 Å². The first-order valence-corrected chi connectivity index (χ1v) is 7.16. The number of carbonyl (C=O) groups is 2. The third kappa shape index (κ3) is 4.55. The Morgan fingerprint density at radius 1 is 1.37 bits per heavy atom. The Hall–Kier alpha value is -1.56. The topological polar surface area (TPSA) is 78.4 Å². The molecule has 0 aliphatic carbocycles. The monoisotopic (exact) mass is 284 g/mol. The van der Waals surface area contributed by atoms with Gasteiger partial charge < -0.3 is 15.7 Å². The molecule has 1 heterocycles. The number of thiophene rings is 1. The Labute approximate surface area is 117 Å². The molecule has 2 atom stereocenters. The molecule has 6 heteroatoms. The highest BCUT2D eigenvalue weighted by atomic mass is 32.1. The minimum absolute atomic E-state index is 0.0818. The zero-order chi connectivity index (χ0) is 14.4. The van der Waals surface area contributed by atoms with Crippen LogP contribution < -0.4 is 10.6 Å². The van der Waals surface area contributed by atoms with E-state index in [0.29, 0.717) is 0 Å². The summed E-state index contributed by atoms with van der Waals surface area (Å²) in [5.41, 5.74) is 0. The molecule has 0 spiro atoms. The molecule has 0 aromatic carbocycles. The summed E-state index contributed by atoms with van der Waals surface area (Å²) in [5.74, 6) is -1.18. The van der Waals surface area contributed by atoms with E-state index in [1.165, 1.54) is 0 Å². The van der Waals surface area contributed by atoms with Crippen LogP contribution in [0, 0.1) is 5.92 Å². The summed E-state index contributed by atoms with van der Waals surface area (Å²) in [4.78, 5) is 23.9. The Morgan fingerprint density at radius 2 is 2.05 bits per heavy atom. The number of hydrogen-bond donors (Lipinski definition) is 3. The molecule has 0 radical (unpaired) electrons. The van der Waals surface area contributed by atoms with Gasteiger partial charge in [0.05, 0.1) is 6.04 Å². The lowest BCUT2D eigenvalue weighted by Gasteiger charge is -2.21. The van der Waals surface area contributed by atoms with Crippen LogP contribution in [-0.2, 0) is 4.79 Å². The van der Waals surface area contributed by atoms with Gasteiger partial charge in [0, 0.05) is 4.88 Å². The Morgan fingerprint density at radius 3 is 2.47 bits per heavy atom. The van der Waals surface area contributed by atoms with E-state index in [2.05, 4.69) is 10.6 Å². The summed E-state index contributed by atoms with van der Waals surface area (Å²) in [7, 11) is 0. The van der Waals surface area contributed by atoms with Crippen molar-refractivity contribution in [1.82, 2.24) is 10.6 Å². The van der Waals surface area contributed by atoms with Gasteiger partial charge in [-0.05, 0) is 23.8 Å². The predicted octanol–water partition coefficient (Wildman–Crippen LogP) is 2.61. The SMILES string of the molecule is CCC(NC(=O)N[C@@H](C(=O)O)C(C)C)c1cccs1. The van der Waals surface area contributed by atoms with Crippen LogP contribution >= 0.6 is 11.3 Å². The van der Waals surface area contributed by atoms with Crippen LogP contribution in [0.1, 0.15) is 38.1 Å². The second kappa shape index (κ2) is 7.13. The molecule has 0 saturated carbocycles. The van der Waals surface area contributed by atoms with Crippen LogP contribution in [0.3, 0.4) is 0 Å². The molecule has 0 saturated heterocycles. The van der Waals surface area contributed by atoms with E-state index in [9.17, 15) is 9.59 Å². The van der Waals surface area contributed by atoms with Gasteiger partial charge in [0.2, 0.25) is 0 Å². The maximum absolute atomic E-state index is 11.8. The van der Waals surface area contributed by atoms with E-state index in [0.717, 1.165) is 11.3 Å². The van der Waals surface area contributed by atoms with Gasteiger partial charge in [0.15, 0.2) is 0 Å². The molecule has 19 heavy (non-hydrogen) atoms. The average Bonchev–Trinajstić information content (AvgIpc) is 2.85. The Bertz CT molecular complexity index is 418. The quantitative estimate of drug-likeness (QED) is 0.751. The Kier molecular flexibility index (Phi) is 5.82. The van der Waals surface area contributed by atoms with Gasteiger partial charge in [-0.3, -0.25) is 0 Å². The maximum Gasteiger partial charge on any atom is 0.326 e. The number of carbonyl (C=O) groups excluding carboxylic acids is 1. The summed E-state index contributed by atoms with van der Waals surface area (Å²) < 4.78 is 0. The van der Waals surface area contributed by atoms with Crippen LogP contribution in [0.15, 0.2) is 17.5 Å². The second-order valence-electron chi connectivity index (χ2n) is 4.65. The van der Waals surface area contributed by atoms with E-state index in [1.807, 2.05) is 24.4 Å². The molecular weight excluding hydrogens is 264 g/mol. The number of carboxylic acids is 1. The predicted molar refractivity (Wildman–Crippen MR) is 75.3 cm³/mol. The summed E-state index contributed by atoms with van der Waals surface area (Å²) in [6.07, 6.45) is 0.757. The lowest BCUT2D eigenvalue weighted by molar-refractivity contribution is -0.140. The first-order valence-electron chi connectivity index (χ1n) is 6.29. The fourth-order valence-electron chi connectivity index (χ4n) is 1.72. The number of amides is 2. The third-order valence-electron chi connectivity index (χ3n) is 2.82. The van der Waals surface area contributed by atoms with Crippen LogP contribution in [-0.4, -0.2) is 23.1 Å². The average molecular weight is 284 g/mol. The molecule has 0 fully saturated rings. The van der Waals surface area contributed by atoms with Crippen molar-refractivity contribution in [2.75, 3.05) is 0 Å². The van der Waals surface area contributed by atoms with Crippen LogP contribution in [0.2, 0.25) is 0 Å². The summed E-state index contributed by atoms with van der Waals surface area (Å²) in [5, 5.41) is 16.3. The third-order valence-corrected chi connectivity index (χ3v) is 3.81. The first kappa shape index (κ1) is 15.5. The molecule has 5 nitrogen and oxygen atoms in total.